The van der Waals surface area contributed by atoms with E-state index in [9.17, 15) is 5.11 Å². The van der Waals surface area contributed by atoms with E-state index in [0.717, 1.165) is 11.3 Å². The second kappa shape index (κ2) is 5.71. The zero-order chi connectivity index (χ0) is 13.0. The summed E-state index contributed by atoms with van der Waals surface area (Å²) in [5.74, 6) is 0. The molecule has 1 atom stereocenters. The summed E-state index contributed by atoms with van der Waals surface area (Å²) in [5.41, 5.74) is 7.83. The third-order valence-electron chi connectivity index (χ3n) is 2.58. The predicted octanol–water partition coefficient (Wildman–Crippen LogP) is 2.46. The number of pyridine rings is 1. The Morgan fingerprint density at radius 3 is 2.67 bits per heavy atom. The topological polar surface area (TPSA) is 71.2 Å². The number of aromatic nitrogens is 1. The molecule has 0 saturated carbocycles. The summed E-state index contributed by atoms with van der Waals surface area (Å²) in [4.78, 5) is 3.89. The molecule has 0 amide bonds. The summed E-state index contributed by atoms with van der Waals surface area (Å²) in [6.07, 6.45) is 2.58. The van der Waals surface area contributed by atoms with Gasteiger partial charge in [-0.2, -0.15) is 0 Å². The fourth-order valence-electron chi connectivity index (χ4n) is 1.56. The van der Waals surface area contributed by atoms with Gasteiger partial charge >= 0.3 is 0 Å². The maximum Gasteiger partial charge on any atom is 0.0962 e. The molecular formula is C13H14ClN3O. The Kier molecular flexibility index (Phi) is 4.02. The summed E-state index contributed by atoms with van der Waals surface area (Å²) < 4.78 is 0. The summed E-state index contributed by atoms with van der Waals surface area (Å²) in [5, 5.41) is 13.6. The van der Waals surface area contributed by atoms with Crippen molar-refractivity contribution in [2.45, 2.75) is 6.10 Å². The number of nitrogen functional groups attached to an aromatic ring is 1. The number of nitrogens with two attached hydrogens (primary N) is 1. The largest absolute Gasteiger partial charge is 0.399 e. The standard InChI is InChI=1S/C13H14ClN3O/c14-11-7-16-6-5-12(11)17-8-13(18)9-1-3-10(15)4-2-9/h1-7,13,18H,8,15H2,(H,16,17). The van der Waals surface area contributed by atoms with Crippen LogP contribution >= 0.6 is 11.6 Å². The molecule has 94 valence electrons. The molecule has 0 saturated heterocycles. The highest BCUT2D eigenvalue weighted by Crippen LogP contribution is 2.21. The number of hydrogen-bond acceptors (Lipinski definition) is 4. The van der Waals surface area contributed by atoms with Gasteiger partial charge in [0.25, 0.3) is 0 Å². The van der Waals surface area contributed by atoms with Crippen LogP contribution in [-0.4, -0.2) is 16.6 Å². The molecular weight excluding hydrogens is 250 g/mol. The van der Waals surface area contributed by atoms with E-state index in [-0.39, 0.29) is 0 Å². The van der Waals surface area contributed by atoms with Crippen molar-refractivity contribution in [1.29, 1.82) is 0 Å². The number of benzene rings is 1. The molecule has 0 spiro atoms. The number of aliphatic hydroxyl groups is 1. The summed E-state index contributed by atoms with van der Waals surface area (Å²) in [7, 11) is 0. The monoisotopic (exact) mass is 263 g/mol. The highest BCUT2D eigenvalue weighted by molar-refractivity contribution is 6.33. The van der Waals surface area contributed by atoms with Crippen molar-refractivity contribution in [2.75, 3.05) is 17.6 Å². The number of aliphatic hydroxyl groups excluding tert-OH is 1. The molecule has 4 N–H and O–H groups in total. The third-order valence-corrected chi connectivity index (χ3v) is 2.88. The Balaban J connectivity index is 1.98. The minimum absolute atomic E-state index is 0.369. The molecule has 0 radical (unpaired) electrons. The normalized spacial score (nSPS) is 12.1. The smallest absolute Gasteiger partial charge is 0.0962 e. The van der Waals surface area contributed by atoms with Crippen LogP contribution in [0.3, 0.4) is 0 Å². The van der Waals surface area contributed by atoms with Gasteiger partial charge in [0.05, 0.1) is 16.8 Å². The number of hydrogen-bond donors (Lipinski definition) is 3. The molecule has 1 unspecified atom stereocenters. The van der Waals surface area contributed by atoms with Crippen molar-refractivity contribution >= 4 is 23.0 Å². The van der Waals surface area contributed by atoms with Gasteiger partial charge in [0, 0.05) is 24.6 Å². The number of nitrogens with one attached hydrogen (secondary N) is 1. The minimum atomic E-state index is -0.616. The van der Waals surface area contributed by atoms with Gasteiger partial charge < -0.3 is 16.2 Å². The Hall–Kier alpha value is -1.78. The van der Waals surface area contributed by atoms with Gasteiger partial charge in [-0.15, -0.1) is 0 Å². The van der Waals surface area contributed by atoms with E-state index in [1.165, 1.54) is 0 Å². The highest BCUT2D eigenvalue weighted by Gasteiger charge is 2.08. The highest BCUT2D eigenvalue weighted by atomic mass is 35.5. The van der Waals surface area contributed by atoms with E-state index in [1.54, 1.807) is 42.7 Å². The Morgan fingerprint density at radius 1 is 1.28 bits per heavy atom. The quantitative estimate of drug-likeness (QED) is 0.741. The van der Waals surface area contributed by atoms with Crippen LogP contribution in [0.25, 0.3) is 0 Å². The molecule has 0 fully saturated rings. The molecule has 5 heteroatoms. The van der Waals surface area contributed by atoms with E-state index in [4.69, 9.17) is 17.3 Å². The number of anilines is 2. The number of nitrogens with zero attached hydrogens (tertiary/aromatic N) is 1. The first-order chi connectivity index (χ1) is 8.66. The van der Waals surface area contributed by atoms with Crippen molar-refractivity contribution in [3.05, 3.63) is 53.3 Å². The molecule has 0 aliphatic rings. The van der Waals surface area contributed by atoms with Crippen molar-refractivity contribution in [2.24, 2.45) is 0 Å². The minimum Gasteiger partial charge on any atom is -0.399 e. The zero-order valence-electron chi connectivity index (χ0n) is 9.68. The average molecular weight is 264 g/mol. The third kappa shape index (κ3) is 3.12. The molecule has 0 bridgehead atoms. The van der Waals surface area contributed by atoms with Crippen LogP contribution in [0.2, 0.25) is 5.02 Å². The van der Waals surface area contributed by atoms with Gasteiger partial charge in [0.1, 0.15) is 0 Å². The second-order valence-electron chi connectivity index (χ2n) is 3.92. The van der Waals surface area contributed by atoms with Crippen molar-refractivity contribution in [3.63, 3.8) is 0 Å². The molecule has 4 nitrogen and oxygen atoms in total. The van der Waals surface area contributed by atoms with Gasteiger partial charge in [-0.3, -0.25) is 4.98 Å². The van der Waals surface area contributed by atoms with E-state index >= 15 is 0 Å². The van der Waals surface area contributed by atoms with Crippen LogP contribution in [0.15, 0.2) is 42.7 Å². The van der Waals surface area contributed by atoms with Gasteiger partial charge in [-0.05, 0) is 23.8 Å². The van der Waals surface area contributed by atoms with E-state index in [1.807, 2.05) is 0 Å². The molecule has 18 heavy (non-hydrogen) atoms. The van der Waals surface area contributed by atoms with Gasteiger partial charge in [-0.1, -0.05) is 23.7 Å². The SMILES string of the molecule is Nc1ccc(C(O)CNc2ccncc2Cl)cc1. The Labute approximate surface area is 110 Å². The number of rotatable bonds is 4. The van der Waals surface area contributed by atoms with Crippen molar-refractivity contribution in [3.8, 4) is 0 Å². The number of halogens is 1. The Bertz CT molecular complexity index is 516. The van der Waals surface area contributed by atoms with E-state index < -0.39 is 6.10 Å². The van der Waals surface area contributed by atoms with Crippen LogP contribution < -0.4 is 11.1 Å². The first kappa shape index (κ1) is 12.7. The van der Waals surface area contributed by atoms with Gasteiger partial charge in [0.2, 0.25) is 0 Å². The van der Waals surface area contributed by atoms with Crippen LogP contribution in [0, 0.1) is 0 Å². The lowest BCUT2D eigenvalue weighted by atomic mass is 10.1. The van der Waals surface area contributed by atoms with Crippen LogP contribution in [0.4, 0.5) is 11.4 Å². The van der Waals surface area contributed by atoms with Crippen LogP contribution in [-0.2, 0) is 0 Å². The predicted molar refractivity (Wildman–Crippen MR) is 73.6 cm³/mol. The second-order valence-corrected chi connectivity index (χ2v) is 4.33. The average Bonchev–Trinajstić information content (AvgIpc) is 2.38. The summed E-state index contributed by atoms with van der Waals surface area (Å²) >= 11 is 5.95. The summed E-state index contributed by atoms with van der Waals surface area (Å²) in [6, 6.07) is 8.89. The molecule has 1 heterocycles. The fourth-order valence-corrected chi connectivity index (χ4v) is 1.75. The Morgan fingerprint density at radius 2 is 2.00 bits per heavy atom. The molecule has 2 aromatic rings. The van der Waals surface area contributed by atoms with E-state index in [2.05, 4.69) is 10.3 Å². The zero-order valence-corrected chi connectivity index (χ0v) is 10.4. The molecule has 1 aromatic carbocycles. The lowest BCUT2D eigenvalue weighted by molar-refractivity contribution is 0.191. The van der Waals surface area contributed by atoms with E-state index in [0.29, 0.717) is 17.3 Å². The molecule has 0 aliphatic heterocycles. The van der Waals surface area contributed by atoms with Crippen LogP contribution in [0.5, 0.6) is 0 Å². The molecule has 0 aliphatic carbocycles. The summed E-state index contributed by atoms with van der Waals surface area (Å²) in [6.45, 7) is 0.369. The maximum absolute atomic E-state index is 10.0. The van der Waals surface area contributed by atoms with Crippen molar-refractivity contribution < 1.29 is 5.11 Å². The first-order valence-corrected chi connectivity index (χ1v) is 5.91. The molecule has 2 rings (SSSR count). The molecule has 1 aromatic heterocycles. The maximum atomic E-state index is 10.0. The van der Waals surface area contributed by atoms with Gasteiger partial charge in [0.15, 0.2) is 0 Å². The van der Waals surface area contributed by atoms with Gasteiger partial charge in [-0.25, -0.2) is 0 Å². The lowest BCUT2D eigenvalue weighted by Gasteiger charge is -2.14. The lowest BCUT2D eigenvalue weighted by Crippen LogP contribution is -2.12. The van der Waals surface area contributed by atoms with Crippen molar-refractivity contribution in [1.82, 2.24) is 4.98 Å². The van der Waals surface area contributed by atoms with Crippen LogP contribution in [0.1, 0.15) is 11.7 Å². The first-order valence-electron chi connectivity index (χ1n) is 5.53. The fraction of sp³-hybridized carbons (Fsp3) is 0.154.